The maximum Gasteiger partial charge on any atom is 0.358 e. The van der Waals surface area contributed by atoms with Gasteiger partial charge in [0.1, 0.15) is 5.75 Å². The Morgan fingerprint density at radius 1 is 1.21 bits per heavy atom. The van der Waals surface area contributed by atoms with Crippen LogP contribution in [0, 0.1) is 0 Å². The molecule has 0 radical (unpaired) electrons. The number of phenols is 1. The monoisotopic (exact) mass is 342 g/mol. The number of hydrogen-bond donors (Lipinski definition) is 1. The van der Waals surface area contributed by atoms with Crippen molar-refractivity contribution < 1.29 is 14.6 Å². The summed E-state index contributed by atoms with van der Waals surface area (Å²) in [6, 6.07) is 15.8. The molecule has 6 heteroatoms. The summed E-state index contributed by atoms with van der Waals surface area (Å²) < 4.78 is 6.42. The minimum Gasteiger partial charge on any atom is -0.508 e. The van der Waals surface area contributed by atoms with E-state index in [1.807, 2.05) is 24.3 Å². The van der Waals surface area contributed by atoms with Crippen LogP contribution in [0.3, 0.4) is 0 Å². The third-order valence-corrected chi connectivity index (χ3v) is 3.96. The van der Waals surface area contributed by atoms with Crippen LogP contribution < -0.4 is 0 Å². The van der Waals surface area contributed by atoms with Gasteiger partial charge in [-0.3, -0.25) is 4.68 Å². The fraction of sp³-hybridized carbons (Fsp3) is 0.111. The third kappa shape index (κ3) is 3.26. The Labute approximate surface area is 144 Å². The molecule has 0 unspecified atom stereocenters. The molecular weight excluding hydrogens is 328 g/mol. The normalized spacial score (nSPS) is 10.6. The quantitative estimate of drug-likeness (QED) is 0.733. The van der Waals surface area contributed by atoms with Crippen LogP contribution in [0.4, 0.5) is 0 Å². The first-order valence-corrected chi connectivity index (χ1v) is 7.65. The Morgan fingerprint density at radius 3 is 2.71 bits per heavy atom. The summed E-state index contributed by atoms with van der Waals surface area (Å²) >= 11 is 6.22. The second-order valence-corrected chi connectivity index (χ2v) is 5.61. The molecule has 0 bridgehead atoms. The molecule has 1 heterocycles. The van der Waals surface area contributed by atoms with E-state index in [1.165, 1.54) is 7.11 Å². The van der Waals surface area contributed by atoms with Crippen molar-refractivity contribution in [3.8, 4) is 17.0 Å². The van der Waals surface area contributed by atoms with Crippen LogP contribution in [0.15, 0.2) is 54.6 Å². The number of nitrogens with zero attached hydrogens (tertiary/aromatic N) is 2. The van der Waals surface area contributed by atoms with Crippen molar-refractivity contribution in [3.05, 3.63) is 70.9 Å². The number of ether oxygens (including phenoxy) is 1. The zero-order valence-corrected chi connectivity index (χ0v) is 13.7. The van der Waals surface area contributed by atoms with E-state index in [2.05, 4.69) is 5.10 Å². The van der Waals surface area contributed by atoms with Crippen LogP contribution in [0.1, 0.15) is 16.1 Å². The third-order valence-electron chi connectivity index (χ3n) is 3.59. The van der Waals surface area contributed by atoms with Crippen molar-refractivity contribution in [1.82, 2.24) is 9.78 Å². The van der Waals surface area contributed by atoms with E-state index in [-0.39, 0.29) is 11.4 Å². The van der Waals surface area contributed by atoms with Gasteiger partial charge in [-0.1, -0.05) is 41.9 Å². The molecule has 2 aromatic carbocycles. The largest absolute Gasteiger partial charge is 0.508 e. The number of halogens is 1. The smallest absolute Gasteiger partial charge is 0.358 e. The number of phenolic OH excluding ortho intramolecular Hbond substituents is 1. The summed E-state index contributed by atoms with van der Waals surface area (Å²) in [6.07, 6.45) is 0. The van der Waals surface area contributed by atoms with Crippen molar-refractivity contribution in [3.63, 3.8) is 0 Å². The second kappa shape index (κ2) is 6.76. The Morgan fingerprint density at radius 2 is 2.00 bits per heavy atom. The first-order chi connectivity index (χ1) is 11.6. The molecule has 0 aliphatic heterocycles. The number of aromatic nitrogens is 2. The van der Waals surface area contributed by atoms with Gasteiger partial charge >= 0.3 is 5.97 Å². The summed E-state index contributed by atoms with van der Waals surface area (Å²) in [4.78, 5) is 11.8. The number of hydrogen-bond acceptors (Lipinski definition) is 4. The number of aromatic hydroxyl groups is 1. The van der Waals surface area contributed by atoms with Crippen LogP contribution in [0.2, 0.25) is 5.02 Å². The highest BCUT2D eigenvalue weighted by Crippen LogP contribution is 2.26. The lowest BCUT2D eigenvalue weighted by Crippen LogP contribution is -2.07. The summed E-state index contributed by atoms with van der Waals surface area (Å²) in [5.41, 5.74) is 2.50. The van der Waals surface area contributed by atoms with Gasteiger partial charge in [0.15, 0.2) is 5.69 Å². The summed E-state index contributed by atoms with van der Waals surface area (Å²) in [5, 5.41) is 14.7. The fourth-order valence-electron chi connectivity index (χ4n) is 2.43. The second-order valence-electron chi connectivity index (χ2n) is 5.21. The molecule has 1 N–H and O–H groups in total. The van der Waals surface area contributed by atoms with Crippen molar-refractivity contribution in [1.29, 1.82) is 0 Å². The molecule has 24 heavy (non-hydrogen) atoms. The molecule has 0 fully saturated rings. The predicted octanol–water partition coefficient (Wildman–Crippen LogP) is 3.74. The first kappa shape index (κ1) is 16.1. The van der Waals surface area contributed by atoms with Crippen LogP contribution in [-0.4, -0.2) is 28.0 Å². The molecule has 0 aliphatic carbocycles. The Hall–Kier alpha value is -2.79. The van der Waals surface area contributed by atoms with E-state index in [9.17, 15) is 9.90 Å². The average molecular weight is 343 g/mol. The lowest BCUT2D eigenvalue weighted by atomic mass is 10.1. The molecular formula is C18H15ClN2O3. The molecule has 3 rings (SSSR count). The molecule has 0 atom stereocenters. The Balaban J connectivity index is 2.08. The van der Waals surface area contributed by atoms with Crippen molar-refractivity contribution >= 4 is 17.6 Å². The summed E-state index contributed by atoms with van der Waals surface area (Å²) in [7, 11) is 1.31. The van der Waals surface area contributed by atoms with Crippen LogP contribution in [0.5, 0.6) is 5.75 Å². The minimum absolute atomic E-state index is 0.137. The van der Waals surface area contributed by atoms with Gasteiger partial charge < -0.3 is 9.84 Å². The summed E-state index contributed by atoms with van der Waals surface area (Å²) in [5.74, 6) is -0.382. The maximum absolute atomic E-state index is 11.8. The van der Waals surface area contributed by atoms with E-state index < -0.39 is 5.97 Å². The SMILES string of the molecule is COC(=O)c1cc(-c2cccc(O)c2)n(Cc2ccccc2Cl)n1. The number of esters is 1. The van der Waals surface area contributed by atoms with Crippen LogP contribution >= 0.6 is 11.6 Å². The van der Waals surface area contributed by atoms with E-state index in [4.69, 9.17) is 16.3 Å². The van der Waals surface area contributed by atoms with Gasteiger partial charge in [0.05, 0.1) is 19.3 Å². The van der Waals surface area contributed by atoms with Gasteiger partial charge in [-0.2, -0.15) is 5.10 Å². The lowest BCUT2D eigenvalue weighted by molar-refractivity contribution is 0.0593. The lowest BCUT2D eigenvalue weighted by Gasteiger charge is -2.09. The van der Waals surface area contributed by atoms with E-state index in [0.29, 0.717) is 17.3 Å². The molecule has 122 valence electrons. The predicted molar refractivity (Wildman–Crippen MR) is 91.2 cm³/mol. The highest BCUT2D eigenvalue weighted by molar-refractivity contribution is 6.31. The minimum atomic E-state index is -0.519. The topological polar surface area (TPSA) is 64.3 Å². The van der Waals surface area contributed by atoms with Gasteiger partial charge in [0.2, 0.25) is 0 Å². The molecule has 0 saturated carbocycles. The number of carbonyl (C=O) groups excluding carboxylic acids is 1. The molecule has 3 aromatic rings. The summed E-state index contributed by atoms with van der Waals surface area (Å²) in [6.45, 7) is 0.391. The van der Waals surface area contributed by atoms with Gasteiger partial charge in [-0.05, 0) is 29.8 Å². The van der Waals surface area contributed by atoms with Crippen LogP contribution in [-0.2, 0) is 11.3 Å². The number of benzene rings is 2. The first-order valence-electron chi connectivity index (χ1n) is 7.27. The highest BCUT2D eigenvalue weighted by Gasteiger charge is 2.17. The highest BCUT2D eigenvalue weighted by atomic mass is 35.5. The number of methoxy groups -OCH3 is 1. The molecule has 0 aliphatic rings. The van der Waals surface area contributed by atoms with Gasteiger partial charge in [0.25, 0.3) is 0 Å². The standard InChI is InChI=1S/C18H15ClN2O3/c1-24-18(23)16-10-17(12-6-4-7-14(22)9-12)21(20-16)11-13-5-2-3-8-15(13)19/h2-10,22H,11H2,1H3. The Bertz CT molecular complexity index is 889. The van der Waals surface area contributed by atoms with Crippen molar-refractivity contribution in [2.45, 2.75) is 6.54 Å². The van der Waals surface area contributed by atoms with E-state index >= 15 is 0 Å². The molecule has 0 amide bonds. The van der Waals surface area contributed by atoms with Crippen molar-refractivity contribution in [2.75, 3.05) is 7.11 Å². The fourth-order valence-corrected chi connectivity index (χ4v) is 2.62. The van der Waals surface area contributed by atoms with Gasteiger partial charge in [0, 0.05) is 10.6 Å². The van der Waals surface area contributed by atoms with Gasteiger partial charge in [-0.15, -0.1) is 0 Å². The molecule has 0 spiro atoms. The van der Waals surface area contributed by atoms with E-state index in [0.717, 1.165) is 11.1 Å². The maximum atomic E-state index is 11.8. The Kier molecular flexibility index (Phi) is 4.53. The zero-order chi connectivity index (χ0) is 17.1. The molecule has 0 saturated heterocycles. The number of carbonyl (C=O) groups is 1. The van der Waals surface area contributed by atoms with Gasteiger partial charge in [-0.25, -0.2) is 4.79 Å². The van der Waals surface area contributed by atoms with Crippen molar-refractivity contribution in [2.24, 2.45) is 0 Å². The van der Waals surface area contributed by atoms with Crippen LogP contribution in [0.25, 0.3) is 11.3 Å². The molecule has 5 nitrogen and oxygen atoms in total. The molecule has 1 aromatic heterocycles. The average Bonchev–Trinajstić information content (AvgIpc) is 3.00. The van der Waals surface area contributed by atoms with E-state index in [1.54, 1.807) is 35.0 Å². The zero-order valence-electron chi connectivity index (χ0n) is 12.9. The number of rotatable bonds is 4.